The Morgan fingerprint density at radius 2 is 2.00 bits per heavy atom. The highest BCUT2D eigenvalue weighted by Gasteiger charge is 2.57. The Balaban J connectivity index is 1.63. The average molecular weight is 484 g/mol. The molecule has 4 rings (SSSR count). The molecular weight excluding hydrogens is 461 g/mol. The maximum Gasteiger partial charge on any atom is 0.219 e. The summed E-state index contributed by atoms with van der Waals surface area (Å²) in [6.07, 6.45) is 4.43. The number of hydrogen-bond donors (Lipinski definition) is 2. The van der Waals surface area contributed by atoms with Crippen LogP contribution in [-0.2, 0) is 11.2 Å². The number of rotatable bonds is 6. The summed E-state index contributed by atoms with van der Waals surface area (Å²) in [6.45, 7) is 0. The van der Waals surface area contributed by atoms with Crippen LogP contribution >= 0.6 is 23.8 Å². The van der Waals surface area contributed by atoms with Gasteiger partial charge < -0.3 is 10.2 Å². The molecule has 1 saturated carbocycles. The van der Waals surface area contributed by atoms with Gasteiger partial charge in [-0.05, 0) is 74.2 Å². The number of hydrogen-bond acceptors (Lipinski definition) is 4. The topological polar surface area (TPSA) is 83.2 Å². The van der Waals surface area contributed by atoms with Crippen LogP contribution in [0.5, 0.6) is 0 Å². The number of amidine groups is 1. The molecular formula is C24H23ClFN5OS. The van der Waals surface area contributed by atoms with E-state index in [1.54, 1.807) is 7.05 Å². The molecule has 6 nitrogen and oxygen atoms in total. The van der Waals surface area contributed by atoms with Crippen molar-refractivity contribution < 1.29 is 9.18 Å². The fourth-order valence-corrected chi connectivity index (χ4v) is 5.11. The van der Waals surface area contributed by atoms with Crippen molar-refractivity contribution >= 4 is 52.0 Å². The van der Waals surface area contributed by atoms with Gasteiger partial charge in [-0.15, -0.1) is 0 Å². The molecule has 0 radical (unpaired) electrons. The highest BCUT2D eigenvalue weighted by molar-refractivity contribution is 7.81. The molecule has 1 spiro atoms. The smallest absolute Gasteiger partial charge is 0.219 e. The lowest BCUT2D eigenvalue weighted by molar-refractivity contribution is -0.120. The second-order valence-electron chi connectivity index (χ2n) is 8.25. The van der Waals surface area contributed by atoms with Crippen LogP contribution < -0.4 is 15.1 Å². The number of benzene rings is 2. The van der Waals surface area contributed by atoms with Gasteiger partial charge in [-0.1, -0.05) is 23.7 Å². The predicted molar refractivity (Wildman–Crippen MR) is 131 cm³/mol. The lowest BCUT2D eigenvalue weighted by Gasteiger charge is -2.44. The summed E-state index contributed by atoms with van der Waals surface area (Å²) in [6, 6.07) is 12.7. The van der Waals surface area contributed by atoms with Crippen molar-refractivity contribution in [1.29, 1.82) is 10.7 Å². The summed E-state index contributed by atoms with van der Waals surface area (Å²) < 4.78 is 15.1. The first-order valence-electron chi connectivity index (χ1n) is 10.7. The quantitative estimate of drug-likeness (QED) is 0.569. The van der Waals surface area contributed by atoms with E-state index in [0.29, 0.717) is 11.5 Å². The van der Waals surface area contributed by atoms with Gasteiger partial charge in [0.15, 0.2) is 10.9 Å². The molecule has 1 amide bonds. The lowest BCUT2D eigenvalue weighted by Crippen LogP contribution is -2.55. The van der Waals surface area contributed by atoms with Crippen molar-refractivity contribution in [3.8, 4) is 6.07 Å². The van der Waals surface area contributed by atoms with Gasteiger partial charge in [0.05, 0.1) is 16.3 Å². The number of anilines is 2. The zero-order valence-electron chi connectivity index (χ0n) is 18.1. The normalized spacial score (nSPS) is 16.7. The van der Waals surface area contributed by atoms with Gasteiger partial charge in [0.2, 0.25) is 5.91 Å². The summed E-state index contributed by atoms with van der Waals surface area (Å²) in [4.78, 5) is 14.8. The van der Waals surface area contributed by atoms with Crippen molar-refractivity contribution in [2.45, 2.75) is 44.1 Å². The zero-order valence-corrected chi connectivity index (χ0v) is 19.7. The van der Waals surface area contributed by atoms with E-state index in [-0.39, 0.29) is 28.0 Å². The molecule has 0 aromatic heterocycles. The number of carbonyl (C=O) groups is 1. The maximum absolute atomic E-state index is 15.1. The largest absolute Gasteiger partial charge is 0.359 e. The Hall–Kier alpha value is -3.02. The van der Waals surface area contributed by atoms with Crippen molar-refractivity contribution in [2.75, 3.05) is 16.8 Å². The Kier molecular flexibility index (Phi) is 6.37. The molecule has 170 valence electrons. The molecule has 1 saturated heterocycles. The third kappa shape index (κ3) is 3.85. The van der Waals surface area contributed by atoms with Gasteiger partial charge in [-0.3, -0.25) is 15.1 Å². The number of amides is 1. The molecule has 0 atom stereocenters. The van der Waals surface area contributed by atoms with Crippen LogP contribution in [0, 0.1) is 22.6 Å². The molecule has 33 heavy (non-hydrogen) atoms. The van der Waals surface area contributed by atoms with Crippen LogP contribution in [0.2, 0.25) is 5.02 Å². The molecule has 2 fully saturated rings. The van der Waals surface area contributed by atoms with Crippen molar-refractivity contribution in [2.24, 2.45) is 0 Å². The molecule has 2 aromatic rings. The fourth-order valence-electron chi connectivity index (χ4n) is 4.43. The Bertz CT molecular complexity index is 1170. The number of thiocarbonyl (C=S) groups is 1. The first-order valence-corrected chi connectivity index (χ1v) is 11.5. The van der Waals surface area contributed by atoms with E-state index in [1.807, 2.05) is 35.2 Å². The third-order valence-electron chi connectivity index (χ3n) is 6.42. The lowest BCUT2D eigenvalue weighted by atomic mass is 9.75. The zero-order chi connectivity index (χ0) is 23.8. The summed E-state index contributed by atoms with van der Waals surface area (Å²) in [5.41, 5.74) is 1.43. The average Bonchev–Trinajstić information content (AvgIpc) is 3.03. The minimum Gasteiger partial charge on any atom is -0.359 e. The third-order valence-corrected chi connectivity index (χ3v) is 7.16. The van der Waals surface area contributed by atoms with Crippen LogP contribution in [0.3, 0.4) is 0 Å². The first kappa shape index (κ1) is 23.1. The minimum atomic E-state index is -0.759. The second-order valence-corrected chi connectivity index (χ2v) is 9.00. The number of halogens is 2. The van der Waals surface area contributed by atoms with E-state index in [0.717, 1.165) is 43.4 Å². The summed E-state index contributed by atoms with van der Waals surface area (Å²) >= 11 is 11.8. The Morgan fingerprint density at radius 3 is 2.58 bits per heavy atom. The highest BCUT2D eigenvalue weighted by atomic mass is 35.5. The second kappa shape index (κ2) is 9.08. The van der Waals surface area contributed by atoms with Gasteiger partial charge in [-0.25, -0.2) is 4.39 Å². The van der Waals surface area contributed by atoms with E-state index in [9.17, 15) is 4.79 Å². The van der Waals surface area contributed by atoms with Crippen LogP contribution in [0.1, 0.15) is 43.2 Å². The van der Waals surface area contributed by atoms with Gasteiger partial charge in [-0.2, -0.15) is 5.26 Å². The summed E-state index contributed by atoms with van der Waals surface area (Å²) in [5, 5.41) is 20.7. The highest BCUT2D eigenvalue weighted by Crippen LogP contribution is 2.48. The van der Waals surface area contributed by atoms with E-state index < -0.39 is 11.4 Å². The van der Waals surface area contributed by atoms with Gasteiger partial charge in [0, 0.05) is 19.2 Å². The summed E-state index contributed by atoms with van der Waals surface area (Å²) in [5.74, 6) is -0.520. The van der Waals surface area contributed by atoms with Crippen molar-refractivity contribution in [1.82, 2.24) is 5.32 Å². The summed E-state index contributed by atoms with van der Waals surface area (Å²) in [7, 11) is 1.63. The molecule has 2 N–H and O–H groups in total. The van der Waals surface area contributed by atoms with E-state index in [4.69, 9.17) is 34.5 Å². The van der Waals surface area contributed by atoms with E-state index in [2.05, 4.69) is 5.32 Å². The van der Waals surface area contributed by atoms with E-state index in [1.165, 1.54) is 17.0 Å². The maximum atomic E-state index is 15.1. The molecule has 2 aromatic carbocycles. The molecule has 0 unspecified atom stereocenters. The van der Waals surface area contributed by atoms with Crippen LogP contribution in [-0.4, -0.2) is 29.4 Å². The van der Waals surface area contributed by atoms with Gasteiger partial charge in [0.1, 0.15) is 17.4 Å². The monoisotopic (exact) mass is 483 g/mol. The van der Waals surface area contributed by atoms with Gasteiger partial charge in [0.25, 0.3) is 0 Å². The fraction of sp³-hybridized carbons (Fsp3) is 0.333. The standard InChI is InChI=1S/C24H23ClFN5OS/c1-29-19(32)5-2-4-15-6-9-17(10-7-15)31-23(33)30(22(28)24(31)12-3-13-24)18-11-8-16(14-27)20(25)21(18)26/h6-11,28H,2-5,12-13H2,1H3,(H,29,32). The van der Waals surface area contributed by atoms with Crippen LogP contribution in [0.4, 0.5) is 15.8 Å². The SMILES string of the molecule is CNC(=O)CCCc1ccc(N2C(=S)N(c3ccc(C#N)c(Cl)c3F)C(=N)C23CCC3)cc1. The Morgan fingerprint density at radius 1 is 1.30 bits per heavy atom. The molecule has 2 aliphatic rings. The molecule has 1 aliphatic carbocycles. The molecule has 1 heterocycles. The first-order chi connectivity index (χ1) is 15.8. The number of nitrogens with zero attached hydrogens (tertiary/aromatic N) is 3. The number of nitriles is 1. The van der Waals surface area contributed by atoms with Crippen molar-refractivity contribution in [3.63, 3.8) is 0 Å². The van der Waals surface area contributed by atoms with E-state index >= 15 is 4.39 Å². The molecule has 9 heteroatoms. The predicted octanol–water partition coefficient (Wildman–Crippen LogP) is 4.93. The number of aryl methyl sites for hydroxylation is 1. The number of nitrogens with one attached hydrogen (secondary N) is 2. The Labute approximate surface area is 202 Å². The number of carbonyl (C=O) groups excluding carboxylic acids is 1. The van der Waals surface area contributed by atoms with Gasteiger partial charge >= 0.3 is 0 Å². The van der Waals surface area contributed by atoms with Crippen molar-refractivity contribution in [3.05, 3.63) is 58.4 Å². The van der Waals surface area contributed by atoms with Crippen LogP contribution in [0.15, 0.2) is 36.4 Å². The molecule has 0 bridgehead atoms. The van der Waals surface area contributed by atoms with Crippen LogP contribution in [0.25, 0.3) is 0 Å². The minimum absolute atomic E-state index is 0.0229. The molecule has 1 aliphatic heterocycles.